The second kappa shape index (κ2) is 5.15. The molecule has 0 spiro atoms. The molecule has 1 rings (SSSR count). The van der Waals surface area contributed by atoms with Gasteiger partial charge in [0.2, 0.25) is 8.40 Å². The molecule has 2 N–H and O–H groups in total. The van der Waals surface area contributed by atoms with Crippen LogP contribution in [0.2, 0.25) is 6.55 Å². The molecule has 18 heavy (non-hydrogen) atoms. The van der Waals surface area contributed by atoms with E-state index in [-0.39, 0.29) is 11.1 Å². The number of nitrogens with one attached hydrogen (secondary N) is 2. The van der Waals surface area contributed by atoms with Gasteiger partial charge in [-0.15, -0.1) is 0 Å². The fourth-order valence-electron chi connectivity index (χ4n) is 2.45. The summed E-state index contributed by atoms with van der Waals surface area (Å²) in [7, 11) is -1.90. The third-order valence-corrected chi connectivity index (χ3v) is 6.59. The van der Waals surface area contributed by atoms with Crippen molar-refractivity contribution >= 4 is 13.6 Å². The first kappa shape index (κ1) is 15.4. The van der Waals surface area contributed by atoms with Gasteiger partial charge in [0, 0.05) is 11.1 Å². The summed E-state index contributed by atoms with van der Waals surface area (Å²) in [6, 6.07) is 10.8. The average Bonchev–Trinajstić information content (AvgIpc) is 2.13. The van der Waals surface area contributed by atoms with Gasteiger partial charge in [0.15, 0.2) is 0 Å². The Kier molecular flexibility index (Phi) is 4.41. The molecule has 0 atom stereocenters. The fraction of sp³-hybridized carbons (Fsp3) is 0.600. The van der Waals surface area contributed by atoms with Gasteiger partial charge in [-0.3, -0.25) is 0 Å². The minimum atomic E-state index is -1.90. The Bertz CT molecular complexity index is 358. The summed E-state index contributed by atoms with van der Waals surface area (Å²) in [5.41, 5.74) is 0.212. The average molecular weight is 264 g/mol. The maximum Gasteiger partial charge on any atom is 0.231 e. The predicted molar refractivity (Wildman–Crippen MR) is 83.5 cm³/mol. The Morgan fingerprint density at radius 3 is 1.50 bits per heavy atom. The van der Waals surface area contributed by atoms with Crippen molar-refractivity contribution in [2.24, 2.45) is 0 Å². The molecule has 0 unspecified atom stereocenters. The van der Waals surface area contributed by atoms with Crippen LogP contribution in [0.3, 0.4) is 0 Å². The van der Waals surface area contributed by atoms with Crippen molar-refractivity contribution in [3.63, 3.8) is 0 Å². The van der Waals surface area contributed by atoms with Crippen LogP contribution in [0, 0.1) is 0 Å². The fourth-order valence-corrected chi connectivity index (χ4v) is 6.66. The zero-order chi connectivity index (χ0) is 14.0. The molecule has 0 aromatic heterocycles. The van der Waals surface area contributed by atoms with Crippen molar-refractivity contribution in [3.8, 4) is 0 Å². The normalized spacial score (nSPS) is 13.7. The summed E-state index contributed by atoms with van der Waals surface area (Å²) in [5, 5.41) is 1.40. The van der Waals surface area contributed by atoms with Crippen LogP contribution in [0.15, 0.2) is 30.3 Å². The first-order valence-corrected chi connectivity index (χ1v) is 9.16. The summed E-state index contributed by atoms with van der Waals surface area (Å²) in [6.07, 6.45) is 0. The van der Waals surface area contributed by atoms with Gasteiger partial charge in [0.25, 0.3) is 0 Å². The molecule has 0 aliphatic heterocycles. The second-order valence-corrected chi connectivity index (χ2v) is 10.6. The van der Waals surface area contributed by atoms with Gasteiger partial charge in [0.1, 0.15) is 0 Å². The number of benzene rings is 1. The van der Waals surface area contributed by atoms with Crippen LogP contribution < -0.4 is 15.2 Å². The lowest BCUT2D eigenvalue weighted by Crippen LogP contribution is -2.75. The van der Waals surface area contributed by atoms with Crippen LogP contribution >= 0.6 is 0 Å². The minimum absolute atomic E-state index is 0.106. The zero-order valence-electron chi connectivity index (χ0n) is 12.9. The summed E-state index contributed by atoms with van der Waals surface area (Å²) in [5.74, 6) is 0. The van der Waals surface area contributed by atoms with E-state index in [1.165, 1.54) is 5.19 Å². The van der Waals surface area contributed by atoms with Crippen molar-refractivity contribution in [2.75, 3.05) is 0 Å². The third-order valence-electron chi connectivity index (χ3n) is 2.60. The summed E-state index contributed by atoms with van der Waals surface area (Å²) in [4.78, 5) is 7.67. The SMILES string of the molecule is CC(C)(C)N[Si](C)(NC(C)(C)C)c1ccccc1. The van der Waals surface area contributed by atoms with E-state index in [1.807, 2.05) is 0 Å². The molecule has 102 valence electrons. The van der Waals surface area contributed by atoms with Gasteiger partial charge < -0.3 is 9.96 Å². The molecular formula is C15H28N2Si. The smallest absolute Gasteiger partial charge is 0.231 e. The van der Waals surface area contributed by atoms with Crippen LogP contribution in [-0.2, 0) is 0 Å². The maximum atomic E-state index is 3.83. The highest BCUT2D eigenvalue weighted by Gasteiger charge is 2.37. The lowest BCUT2D eigenvalue weighted by atomic mass is 10.1. The van der Waals surface area contributed by atoms with Gasteiger partial charge in [-0.1, -0.05) is 30.3 Å². The maximum absolute atomic E-state index is 3.83. The van der Waals surface area contributed by atoms with Crippen LogP contribution in [0.5, 0.6) is 0 Å². The first-order valence-electron chi connectivity index (χ1n) is 6.66. The molecule has 0 aliphatic carbocycles. The van der Waals surface area contributed by atoms with E-state index in [1.54, 1.807) is 0 Å². The lowest BCUT2D eigenvalue weighted by molar-refractivity contribution is 0.469. The van der Waals surface area contributed by atoms with E-state index < -0.39 is 8.40 Å². The molecule has 0 amide bonds. The molecule has 2 nitrogen and oxygen atoms in total. The molecule has 0 saturated carbocycles. The van der Waals surface area contributed by atoms with Gasteiger partial charge in [-0.25, -0.2) is 0 Å². The van der Waals surface area contributed by atoms with E-state index in [2.05, 4.69) is 88.4 Å². The Morgan fingerprint density at radius 1 is 0.778 bits per heavy atom. The van der Waals surface area contributed by atoms with Crippen LogP contribution in [-0.4, -0.2) is 19.5 Å². The van der Waals surface area contributed by atoms with Crippen LogP contribution in [0.4, 0.5) is 0 Å². The van der Waals surface area contributed by atoms with Crippen molar-refractivity contribution in [3.05, 3.63) is 30.3 Å². The molecule has 3 heteroatoms. The third kappa shape index (κ3) is 4.92. The van der Waals surface area contributed by atoms with E-state index >= 15 is 0 Å². The predicted octanol–water partition coefficient (Wildman–Crippen LogP) is 2.74. The number of rotatable bonds is 3. The van der Waals surface area contributed by atoms with Gasteiger partial charge in [-0.2, -0.15) is 0 Å². The summed E-state index contributed by atoms with van der Waals surface area (Å²) in [6.45, 7) is 15.7. The molecule has 0 saturated heterocycles. The molecule has 0 bridgehead atoms. The largest absolute Gasteiger partial charge is 0.317 e. The monoisotopic (exact) mass is 264 g/mol. The Morgan fingerprint density at radius 2 is 1.17 bits per heavy atom. The number of hydrogen-bond acceptors (Lipinski definition) is 2. The van der Waals surface area contributed by atoms with Crippen molar-refractivity contribution in [1.82, 2.24) is 9.96 Å². The minimum Gasteiger partial charge on any atom is -0.317 e. The van der Waals surface area contributed by atoms with Crippen LogP contribution in [0.1, 0.15) is 41.5 Å². The van der Waals surface area contributed by atoms with Crippen molar-refractivity contribution in [2.45, 2.75) is 59.2 Å². The topological polar surface area (TPSA) is 24.1 Å². The number of hydrogen-bond donors (Lipinski definition) is 2. The van der Waals surface area contributed by atoms with E-state index in [4.69, 9.17) is 0 Å². The van der Waals surface area contributed by atoms with E-state index in [0.29, 0.717) is 0 Å². The van der Waals surface area contributed by atoms with Crippen molar-refractivity contribution in [1.29, 1.82) is 0 Å². The standard InChI is InChI=1S/C15H28N2Si/c1-14(2,3)16-18(7,17-15(4,5)6)13-11-9-8-10-12-13/h8-12,16-17H,1-7H3. The molecule has 0 heterocycles. The molecular weight excluding hydrogens is 236 g/mol. The molecule has 0 fully saturated rings. The molecule has 0 aliphatic rings. The highest BCUT2D eigenvalue weighted by Crippen LogP contribution is 2.10. The van der Waals surface area contributed by atoms with Crippen molar-refractivity contribution < 1.29 is 0 Å². The van der Waals surface area contributed by atoms with Gasteiger partial charge in [0.05, 0.1) is 0 Å². The first-order chi connectivity index (χ1) is 8.02. The summed E-state index contributed by atoms with van der Waals surface area (Å²) < 4.78 is 0. The Balaban J connectivity index is 3.09. The molecule has 1 aromatic carbocycles. The van der Waals surface area contributed by atoms with E-state index in [0.717, 1.165) is 0 Å². The Hall–Kier alpha value is -0.643. The zero-order valence-corrected chi connectivity index (χ0v) is 13.9. The van der Waals surface area contributed by atoms with E-state index in [9.17, 15) is 0 Å². The van der Waals surface area contributed by atoms with Crippen LogP contribution in [0.25, 0.3) is 0 Å². The van der Waals surface area contributed by atoms with Gasteiger partial charge >= 0.3 is 0 Å². The van der Waals surface area contributed by atoms with Gasteiger partial charge in [-0.05, 0) is 53.3 Å². The quantitative estimate of drug-likeness (QED) is 0.820. The molecule has 1 aromatic rings. The highest BCUT2D eigenvalue weighted by molar-refractivity contribution is 6.86. The highest BCUT2D eigenvalue weighted by atomic mass is 28.3. The second-order valence-electron chi connectivity index (χ2n) is 7.24. The molecule has 0 radical (unpaired) electrons. The lowest BCUT2D eigenvalue weighted by Gasteiger charge is -2.41. The Labute approximate surface area is 113 Å². The summed E-state index contributed by atoms with van der Waals surface area (Å²) >= 11 is 0.